The lowest BCUT2D eigenvalue weighted by Gasteiger charge is -2.38. The maximum Gasteiger partial charge on any atom is 0.266 e. The lowest BCUT2D eigenvalue weighted by Crippen LogP contribution is -2.56. The summed E-state index contributed by atoms with van der Waals surface area (Å²) >= 11 is 0. The Labute approximate surface area is 167 Å². The lowest BCUT2D eigenvalue weighted by atomic mass is 9.87. The van der Waals surface area contributed by atoms with Gasteiger partial charge in [-0.05, 0) is 43.0 Å². The number of benzene rings is 1. The first-order valence-electron chi connectivity index (χ1n) is 9.78. The van der Waals surface area contributed by atoms with E-state index in [2.05, 4.69) is 47.8 Å². The van der Waals surface area contributed by atoms with Crippen molar-refractivity contribution in [2.75, 3.05) is 31.1 Å². The second-order valence-corrected chi connectivity index (χ2v) is 8.71. The normalized spacial score (nSPS) is 15.5. The van der Waals surface area contributed by atoms with E-state index in [-0.39, 0.29) is 11.3 Å². The molecule has 1 saturated heterocycles. The molecule has 1 aromatic carbocycles. The predicted molar refractivity (Wildman–Crippen MR) is 111 cm³/mol. The number of anilines is 1. The van der Waals surface area contributed by atoms with Gasteiger partial charge in [0.15, 0.2) is 5.60 Å². The molecule has 1 aromatic heterocycles. The molecule has 1 fully saturated rings. The zero-order valence-electron chi connectivity index (χ0n) is 17.5. The first-order chi connectivity index (χ1) is 13.2. The fraction of sp³-hybridized carbons (Fsp3) is 0.500. The third kappa shape index (κ3) is 4.61. The van der Waals surface area contributed by atoms with E-state index in [1.165, 1.54) is 5.56 Å². The number of aromatic nitrogens is 2. The largest absolute Gasteiger partial charge is 0.478 e. The molecule has 0 atom stereocenters. The molecule has 0 spiro atoms. The second-order valence-electron chi connectivity index (χ2n) is 8.71. The zero-order valence-corrected chi connectivity index (χ0v) is 17.5. The van der Waals surface area contributed by atoms with E-state index in [9.17, 15) is 4.79 Å². The van der Waals surface area contributed by atoms with Crippen molar-refractivity contribution in [1.29, 1.82) is 0 Å². The van der Waals surface area contributed by atoms with Gasteiger partial charge in [0.25, 0.3) is 5.91 Å². The van der Waals surface area contributed by atoms with Crippen LogP contribution in [0, 0.1) is 0 Å². The molecule has 1 aliphatic heterocycles. The first-order valence-corrected chi connectivity index (χ1v) is 9.78. The third-order valence-corrected chi connectivity index (χ3v) is 5.01. The number of amides is 1. The molecule has 0 unspecified atom stereocenters. The number of carbonyl (C=O) groups is 1. The highest BCUT2D eigenvalue weighted by Gasteiger charge is 2.36. The molecule has 6 heteroatoms. The van der Waals surface area contributed by atoms with E-state index in [0.29, 0.717) is 37.9 Å². The van der Waals surface area contributed by atoms with Gasteiger partial charge < -0.3 is 14.5 Å². The average Bonchev–Trinajstić information content (AvgIpc) is 2.67. The molecular formula is C22H30N4O2. The van der Waals surface area contributed by atoms with Gasteiger partial charge in [0.05, 0.1) is 0 Å². The summed E-state index contributed by atoms with van der Waals surface area (Å²) in [6.07, 6.45) is 3.48. The molecule has 0 bridgehead atoms. The summed E-state index contributed by atoms with van der Waals surface area (Å²) in [6.45, 7) is 12.9. The van der Waals surface area contributed by atoms with Crippen LogP contribution in [0.25, 0.3) is 0 Å². The standard InChI is InChI=1S/C22H30N4O2/c1-21(2,3)17-7-9-18(10-8-17)28-22(4,5)19(27)25-13-15-26(16-14-25)20-23-11-6-12-24-20/h6-12H,13-16H2,1-5H3. The number of nitrogens with zero attached hydrogens (tertiary/aromatic N) is 4. The first kappa shape index (κ1) is 20.1. The monoisotopic (exact) mass is 382 g/mol. The topological polar surface area (TPSA) is 58.6 Å². The van der Waals surface area contributed by atoms with Crippen molar-refractivity contribution in [3.63, 3.8) is 0 Å². The Kier molecular flexibility index (Phi) is 5.59. The van der Waals surface area contributed by atoms with Crippen LogP contribution >= 0.6 is 0 Å². The number of rotatable bonds is 4. The summed E-state index contributed by atoms with van der Waals surface area (Å²) in [5, 5.41) is 0. The van der Waals surface area contributed by atoms with Gasteiger partial charge >= 0.3 is 0 Å². The number of ether oxygens (including phenoxy) is 1. The predicted octanol–water partition coefficient (Wildman–Crippen LogP) is 3.28. The van der Waals surface area contributed by atoms with Gasteiger partial charge in [-0.25, -0.2) is 9.97 Å². The van der Waals surface area contributed by atoms with Crippen LogP contribution in [0.1, 0.15) is 40.2 Å². The van der Waals surface area contributed by atoms with Crippen LogP contribution < -0.4 is 9.64 Å². The van der Waals surface area contributed by atoms with E-state index in [4.69, 9.17) is 4.74 Å². The van der Waals surface area contributed by atoms with Crippen molar-refractivity contribution < 1.29 is 9.53 Å². The van der Waals surface area contributed by atoms with Crippen LogP contribution in [0.3, 0.4) is 0 Å². The zero-order chi connectivity index (χ0) is 20.4. The average molecular weight is 383 g/mol. The molecule has 0 aliphatic carbocycles. The summed E-state index contributed by atoms with van der Waals surface area (Å²) in [7, 11) is 0. The number of hydrogen-bond donors (Lipinski definition) is 0. The molecule has 0 N–H and O–H groups in total. The Hall–Kier alpha value is -2.63. The van der Waals surface area contributed by atoms with E-state index in [1.807, 2.05) is 30.9 Å². The molecule has 28 heavy (non-hydrogen) atoms. The van der Waals surface area contributed by atoms with Crippen LogP contribution in [-0.2, 0) is 10.2 Å². The van der Waals surface area contributed by atoms with E-state index in [0.717, 1.165) is 0 Å². The third-order valence-electron chi connectivity index (χ3n) is 5.01. The van der Waals surface area contributed by atoms with E-state index in [1.54, 1.807) is 18.5 Å². The Bertz CT molecular complexity index is 790. The minimum atomic E-state index is -0.922. The molecule has 2 aromatic rings. The quantitative estimate of drug-likeness (QED) is 0.812. The minimum absolute atomic E-state index is 0.000952. The number of carbonyl (C=O) groups excluding carboxylic acids is 1. The Balaban J connectivity index is 1.60. The van der Waals surface area contributed by atoms with Crippen molar-refractivity contribution in [2.24, 2.45) is 0 Å². The molecular weight excluding hydrogens is 352 g/mol. The molecule has 6 nitrogen and oxygen atoms in total. The van der Waals surface area contributed by atoms with Crippen LogP contribution in [0.15, 0.2) is 42.7 Å². The molecule has 0 radical (unpaired) electrons. The van der Waals surface area contributed by atoms with Gasteiger partial charge in [0.2, 0.25) is 5.95 Å². The Morgan fingerprint density at radius 1 is 0.929 bits per heavy atom. The van der Waals surface area contributed by atoms with Gasteiger partial charge in [-0.2, -0.15) is 0 Å². The molecule has 0 saturated carbocycles. The van der Waals surface area contributed by atoms with Crippen molar-refractivity contribution in [2.45, 2.75) is 45.6 Å². The van der Waals surface area contributed by atoms with Gasteiger partial charge in [-0.3, -0.25) is 4.79 Å². The Morgan fingerprint density at radius 3 is 2.04 bits per heavy atom. The highest BCUT2D eigenvalue weighted by Crippen LogP contribution is 2.27. The maximum absolute atomic E-state index is 13.0. The minimum Gasteiger partial charge on any atom is -0.478 e. The molecule has 1 amide bonds. The maximum atomic E-state index is 13.0. The lowest BCUT2D eigenvalue weighted by molar-refractivity contribution is -0.145. The highest BCUT2D eigenvalue weighted by molar-refractivity contribution is 5.85. The van der Waals surface area contributed by atoms with Gasteiger partial charge in [0.1, 0.15) is 5.75 Å². The van der Waals surface area contributed by atoms with Gasteiger partial charge in [-0.1, -0.05) is 32.9 Å². The van der Waals surface area contributed by atoms with Crippen molar-refractivity contribution >= 4 is 11.9 Å². The molecule has 3 rings (SSSR count). The fourth-order valence-electron chi connectivity index (χ4n) is 3.31. The van der Waals surface area contributed by atoms with Gasteiger partial charge in [0, 0.05) is 38.6 Å². The van der Waals surface area contributed by atoms with Crippen LogP contribution in [0.2, 0.25) is 0 Å². The van der Waals surface area contributed by atoms with Crippen molar-refractivity contribution in [3.05, 3.63) is 48.3 Å². The molecule has 2 heterocycles. The van der Waals surface area contributed by atoms with Crippen molar-refractivity contribution in [3.8, 4) is 5.75 Å². The fourth-order valence-corrected chi connectivity index (χ4v) is 3.31. The number of piperazine rings is 1. The van der Waals surface area contributed by atoms with Crippen molar-refractivity contribution in [1.82, 2.24) is 14.9 Å². The summed E-state index contributed by atoms with van der Waals surface area (Å²) < 4.78 is 6.07. The van der Waals surface area contributed by atoms with E-state index < -0.39 is 5.60 Å². The SMILES string of the molecule is CC(C)(Oc1ccc(C(C)(C)C)cc1)C(=O)N1CCN(c2ncccn2)CC1. The molecule has 1 aliphatic rings. The number of hydrogen-bond acceptors (Lipinski definition) is 5. The summed E-state index contributed by atoms with van der Waals surface area (Å²) in [6, 6.07) is 9.82. The summed E-state index contributed by atoms with van der Waals surface area (Å²) in [5.74, 6) is 1.42. The second kappa shape index (κ2) is 7.78. The molecule has 150 valence electrons. The van der Waals surface area contributed by atoms with Crippen LogP contribution in [0.4, 0.5) is 5.95 Å². The highest BCUT2D eigenvalue weighted by atomic mass is 16.5. The van der Waals surface area contributed by atoms with Crippen LogP contribution in [-0.4, -0.2) is 52.6 Å². The van der Waals surface area contributed by atoms with Crippen LogP contribution in [0.5, 0.6) is 5.75 Å². The Morgan fingerprint density at radius 2 is 1.50 bits per heavy atom. The van der Waals surface area contributed by atoms with Gasteiger partial charge in [-0.15, -0.1) is 0 Å². The smallest absolute Gasteiger partial charge is 0.266 e. The van der Waals surface area contributed by atoms with E-state index >= 15 is 0 Å². The summed E-state index contributed by atoms with van der Waals surface area (Å²) in [5.41, 5.74) is 0.406. The summed E-state index contributed by atoms with van der Waals surface area (Å²) in [4.78, 5) is 25.6.